The summed E-state index contributed by atoms with van der Waals surface area (Å²) in [6, 6.07) is 3.75. The lowest BCUT2D eigenvalue weighted by Gasteiger charge is -2.09. The van der Waals surface area contributed by atoms with Crippen molar-refractivity contribution in [3.8, 4) is 0 Å². The summed E-state index contributed by atoms with van der Waals surface area (Å²) in [6.45, 7) is 0.594. The van der Waals surface area contributed by atoms with Crippen molar-refractivity contribution in [3.05, 3.63) is 36.0 Å². The first kappa shape index (κ1) is 13.9. The Balaban J connectivity index is 2.21. The normalized spacial score (nSPS) is 12.6. The van der Waals surface area contributed by atoms with Crippen LogP contribution >= 0.6 is 0 Å². The van der Waals surface area contributed by atoms with E-state index in [9.17, 15) is 13.0 Å². The Labute approximate surface area is 112 Å². The van der Waals surface area contributed by atoms with Crippen molar-refractivity contribution in [3.63, 3.8) is 0 Å². The Morgan fingerprint density at radius 2 is 2.16 bits per heavy atom. The molecule has 0 amide bonds. The summed E-state index contributed by atoms with van der Waals surface area (Å²) in [5.41, 5.74) is 0.774. The van der Waals surface area contributed by atoms with Gasteiger partial charge in [0.25, 0.3) is 0 Å². The quantitative estimate of drug-likeness (QED) is 0.858. The highest BCUT2D eigenvalue weighted by Gasteiger charge is 2.08. The average Bonchev–Trinajstić information content (AvgIpc) is 2.34. The average molecular weight is 284 g/mol. The molecule has 1 heterocycles. The zero-order chi connectivity index (χ0) is 13.8. The van der Waals surface area contributed by atoms with Crippen molar-refractivity contribution in [1.29, 1.82) is 0 Å². The molecule has 0 radical (unpaired) electrons. The number of anilines is 1. The zero-order valence-corrected chi connectivity index (χ0v) is 11.3. The minimum absolute atomic E-state index is 0.144. The minimum atomic E-state index is -0.830. The molecule has 0 aliphatic rings. The maximum absolute atomic E-state index is 13.6. The lowest BCUT2D eigenvalue weighted by molar-refractivity contribution is 0.590. The van der Waals surface area contributed by atoms with Gasteiger partial charge in [0.05, 0.1) is 0 Å². The molecular formula is C13H14F2N2OS. The fourth-order valence-corrected chi connectivity index (χ4v) is 2.38. The molecule has 1 unspecified atom stereocenters. The van der Waals surface area contributed by atoms with E-state index in [0.717, 1.165) is 12.5 Å². The second-order valence-electron chi connectivity index (χ2n) is 4.20. The third-order valence-electron chi connectivity index (χ3n) is 2.69. The Kier molecular flexibility index (Phi) is 4.42. The largest absolute Gasteiger partial charge is 0.384 e. The van der Waals surface area contributed by atoms with Crippen LogP contribution in [-0.4, -0.2) is 27.7 Å². The molecule has 102 valence electrons. The molecule has 2 aromatic rings. The van der Waals surface area contributed by atoms with E-state index >= 15 is 0 Å². The van der Waals surface area contributed by atoms with Gasteiger partial charge < -0.3 is 5.32 Å². The van der Waals surface area contributed by atoms with Crippen molar-refractivity contribution in [2.45, 2.75) is 6.42 Å². The molecule has 0 saturated carbocycles. The molecule has 6 heteroatoms. The number of hydrogen-bond donors (Lipinski definition) is 1. The molecule has 0 aliphatic heterocycles. The van der Waals surface area contributed by atoms with E-state index in [1.54, 1.807) is 12.3 Å². The van der Waals surface area contributed by atoms with E-state index in [2.05, 4.69) is 10.3 Å². The smallest absolute Gasteiger partial charge is 0.152 e. The van der Waals surface area contributed by atoms with E-state index in [1.807, 2.05) is 0 Å². The number of aromatic nitrogens is 1. The third kappa shape index (κ3) is 3.47. The third-order valence-corrected chi connectivity index (χ3v) is 3.55. The van der Waals surface area contributed by atoms with Gasteiger partial charge in [0.2, 0.25) is 0 Å². The SMILES string of the molecule is CS(=O)CCCNc1ccnc2c(F)cc(F)cc12. The second-order valence-corrected chi connectivity index (χ2v) is 5.75. The Bertz CT molecular complexity index is 619. The highest BCUT2D eigenvalue weighted by Crippen LogP contribution is 2.24. The first-order chi connectivity index (χ1) is 9.08. The van der Waals surface area contributed by atoms with Gasteiger partial charge in [-0.25, -0.2) is 8.78 Å². The number of hydrogen-bond acceptors (Lipinski definition) is 3. The summed E-state index contributed by atoms with van der Waals surface area (Å²) in [7, 11) is -0.830. The summed E-state index contributed by atoms with van der Waals surface area (Å²) in [5.74, 6) is -0.706. The van der Waals surface area contributed by atoms with E-state index in [1.165, 1.54) is 12.3 Å². The standard InChI is InChI=1S/C13H14F2N2OS/c1-19(18)6-2-4-16-12-3-5-17-13-10(12)7-9(14)8-11(13)15/h3,5,7-8H,2,4,6H2,1H3,(H,16,17). The van der Waals surface area contributed by atoms with E-state index in [0.29, 0.717) is 23.4 Å². The molecule has 0 spiro atoms. The van der Waals surface area contributed by atoms with Crippen molar-refractivity contribution >= 4 is 27.4 Å². The van der Waals surface area contributed by atoms with Gasteiger partial charge in [0.15, 0.2) is 5.82 Å². The molecule has 2 rings (SSSR count). The lowest BCUT2D eigenvalue weighted by atomic mass is 10.1. The Hall–Kier alpha value is -1.56. The molecule has 1 aromatic heterocycles. The van der Waals surface area contributed by atoms with Gasteiger partial charge in [-0.05, 0) is 18.6 Å². The molecule has 0 aliphatic carbocycles. The van der Waals surface area contributed by atoms with Crippen LogP contribution in [0.4, 0.5) is 14.5 Å². The first-order valence-corrected chi connectivity index (χ1v) is 7.58. The number of benzene rings is 1. The first-order valence-electron chi connectivity index (χ1n) is 5.85. The van der Waals surface area contributed by atoms with E-state index in [4.69, 9.17) is 0 Å². The minimum Gasteiger partial charge on any atom is -0.384 e. The predicted molar refractivity (Wildman–Crippen MR) is 73.7 cm³/mol. The molecule has 1 aromatic carbocycles. The summed E-state index contributed by atoms with van der Waals surface area (Å²) in [4.78, 5) is 3.91. The maximum Gasteiger partial charge on any atom is 0.152 e. The predicted octanol–water partition coefficient (Wildman–Crippen LogP) is 2.69. The van der Waals surface area contributed by atoms with Crippen molar-refractivity contribution < 1.29 is 13.0 Å². The van der Waals surface area contributed by atoms with E-state index < -0.39 is 22.4 Å². The summed E-state index contributed by atoms with van der Waals surface area (Å²) >= 11 is 0. The molecule has 3 nitrogen and oxygen atoms in total. The van der Waals surface area contributed by atoms with E-state index in [-0.39, 0.29) is 5.52 Å². The monoisotopic (exact) mass is 284 g/mol. The molecule has 1 N–H and O–H groups in total. The molecular weight excluding hydrogens is 270 g/mol. The zero-order valence-electron chi connectivity index (χ0n) is 10.5. The van der Waals surface area contributed by atoms with Crippen LogP contribution in [0, 0.1) is 11.6 Å². The Morgan fingerprint density at radius 1 is 1.37 bits per heavy atom. The highest BCUT2D eigenvalue weighted by atomic mass is 32.2. The van der Waals surface area contributed by atoms with Crippen LogP contribution in [0.5, 0.6) is 0 Å². The molecule has 0 bridgehead atoms. The molecule has 1 atom stereocenters. The van der Waals surface area contributed by atoms with Crippen LogP contribution in [-0.2, 0) is 10.8 Å². The van der Waals surface area contributed by atoms with Crippen LogP contribution < -0.4 is 5.32 Å². The number of nitrogens with one attached hydrogen (secondary N) is 1. The number of halogens is 2. The number of pyridine rings is 1. The van der Waals surface area contributed by atoms with Gasteiger partial charge in [-0.3, -0.25) is 9.19 Å². The maximum atomic E-state index is 13.6. The van der Waals surface area contributed by atoms with Crippen LogP contribution in [0.25, 0.3) is 10.9 Å². The highest BCUT2D eigenvalue weighted by molar-refractivity contribution is 7.84. The van der Waals surface area contributed by atoms with Gasteiger partial charge in [-0.1, -0.05) is 0 Å². The number of fused-ring (bicyclic) bond motifs is 1. The lowest BCUT2D eigenvalue weighted by Crippen LogP contribution is -2.06. The number of nitrogens with zero attached hydrogens (tertiary/aromatic N) is 1. The van der Waals surface area contributed by atoms with Crippen LogP contribution in [0.1, 0.15) is 6.42 Å². The van der Waals surface area contributed by atoms with Crippen LogP contribution in [0.3, 0.4) is 0 Å². The van der Waals surface area contributed by atoms with Crippen molar-refractivity contribution in [2.75, 3.05) is 23.9 Å². The van der Waals surface area contributed by atoms with Gasteiger partial charge in [0, 0.05) is 52.7 Å². The van der Waals surface area contributed by atoms with Crippen molar-refractivity contribution in [2.24, 2.45) is 0 Å². The van der Waals surface area contributed by atoms with Crippen LogP contribution in [0.15, 0.2) is 24.4 Å². The number of rotatable bonds is 5. The van der Waals surface area contributed by atoms with Gasteiger partial charge in [0.1, 0.15) is 11.3 Å². The molecule has 19 heavy (non-hydrogen) atoms. The topological polar surface area (TPSA) is 42.0 Å². The Morgan fingerprint density at radius 3 is 2.89 bits per heavy atom. The van der Waals surface area contributed by atoms with Gasteiger partial charge in [-0.15, -0.1) is 0 Å². The van der Waals surface area contributed by atoms with Gasteiger partial charge >= 0.3 is 0 Å². The fourth-order valence-electron chi connectivity index (χ4n) is 1.83. The van der Waals surface area contributed by atoms with Crippen molar-refractivity contribution in [1.82, 2.24) is 4.98 Å². The summed E-state index contributed by atoms with van der Waals surface area (Å²) < 4.78 is 37.7. The van der Waals surface area contributed by atoms with Gasteiger partial charge in [-0.2, -0.15) is 0 Å². The fraction of sp³-hybridized carbons (Fsp3) is 0.308. The second kappa shape index (κ2) is 6.06. The molecule has 0 saturated heterocycles. The molecule has 0 fully saturated rings. The summed E-state index contributed by atoms with van der Waals surface area (Å²) in [5, 5.41) is 3.50. The summed E-state index contributed by atoms with van der Waals surface area (Å²) in [6.07, 6.45) is 3.85. The van der Waals surface area contributed by atoms with Crippen LogP contribution in [0.2, 0.25) is 0 Å².